The van der Waals surface area contributed by atoms with E-state index in [9.17, 15) is 4.79 Å². The quantitative estimate of drug-likeness (QED) is 0.447. The molecule has 162 valence electrons. The van der Waals surface area contributed by atoms with E-state index in [4.69, 9.17) is 0 Å². The number of carbonyl (C=O) groups excluding carboxylic acids is 1. The molecule has 29 heavy (non-hydrogen) atoms. The van der Waals surface area contributed by atoms with Gasteiger partial charge in [-0.3, -0.25) is 4.79 Å². The summed E-state index contributed by atoms with van der Waals surface area (Å²) in [6.07, 6.45) is 17.2. The minimum Gasteiger partial charge on any atom is -0.300 e. The molecule has 3 fully saturated rings. The number of allylic oxidation sites excluding steroid dienone is 4. The third kappa shape index (κ3) is 3.49. The summed E-state index contributed by atoms with van der Waals surface area (Å²) in [5.41, 5.74) is 2.68. The lowest BCUT2D eigenvalue weighted by atomic mass is 9.48. The van der Waals surface area contributed by atoms with E-state index < -0.39 is 0 Å². The SMILES string of the molecule is CC(C)[C@@H](C)/C=C\[C@@H](C)[C@H]1CC[C@H]2C3=CC[C@H]4CC(=O)CC[C@]4(C)[C@H]3CC[C@]12C. The van der Waals surface area contributed by atoms with Crippen molar-refractivity contribution in [1.29, 1.82) is 0 Å². The van der Waals surface area contributed by atoms with Crippen molar-refractivity contribution in [2.45, 2.75) is 92.9 Å². The van der Waals surface area contributed by atoms with Crippen LogP contribution in [0.3, 0.4) is 0 Å². The fourth-order valence-corrected chi connectivity index (χ4v) is 7.91. The second kappa shape index (κ2) is 7.69. The van der Waals surface area contributed by atoms with Gasteiger partial charge in [0, 0.05) is 12.8 Å². The average molecular weight is 397 g/mol. The molecule has 0 aromatic carbocycles. The highest BCUT2D eigenvalue weighted by molar-refractivity contribution is 5.79. The van der Waals surface area contributed by atoms with Crippen molar-refractivity contribution < 1.29 is 4.79 Å². The zero-order chi connectivity index (χ0) is 21.0. The topological polar surface area (TPSA) is 17.1 Å². The van der Waals surface area contributed by atoms with Gasteiger partial charge in [-0.25, -0.2) is 0 Å². The minimum atomic E-state index is 0.385. The molecule has 0 bridgehead atoms. The van der Waals surface area contributed by atoms with Crippen LogP contribution in [-0.4, -0.2) is 5.78 Å². The number of rotatable bonds is 4. The number of hydrogen-bond acceptors (Lipinski definition) is 1. The maximum atomic E-state index is 12.1. The van der Waals surface area contributed by atoms with E-state index >= 15 is 0 Å². The Bertz CT molecular complexity index is 699. The molecule has 0 unspecified atom stereocenters. The van der Waals surface area contributed by atoms with Gasteiger partial charge in [0.2, 0.25) is 0 Å². The summed E-state index contributed by atoms with van der Waals surface area (Å²) in [5, 5.41) is 0. The molecule has 1 nitrogen and oxygen atoms in total. The van der Waals surface area contributed by atoms with Crippen molar-refractivity contribution in [3.8, 4) is 0 Å². The van der Waals surface area contributed by atoms with Crippen LogP contribution in [0.15, 0.2) is 23.8 Å². The van der Waals surface area contributed by atoms with E-state index in [1.807, 2.05) is 5.57 Å². The molecule has 0 saturated heterocycles. The highest BCUT2D eigenvalue weighted by Gasteiger charge is 2.57. The maximum absolute atomic E-state index is 12.1. The summed E-state index contributed by atoms with van der Waals surface area (Å²) in [6.45, 7) is 14.7. The van der Waals surface area contributed by atoms with E-state index in [1.54, 1.807) is 0 Å². The van der Waals surface area contributed by atoms with Crippen LogP contribution >= 0.6 is 0 Å². The average Bonchev–Trinajstić information content (AvgIpc) is 3.03. The van der Waals surface area contributed by atoms with Gasteiger partial charge in [0.05, 0.1) is 0 Å². The molecule has 0 amide bonds. The normalized spacial score (nSPS) is 44.2. The summed E-state index contributed by atoms with van der Waals surface area (Å²) in [7, 11) is 0. The molecule has 0 radical (unpaired) electrons. The van der Waals surface area contributed by atoms with Crippen LogP contribution < -0.4 is 0 Å². The molecular weight excluding hydrogens is 352 g/mol. The molecule has 3 saturated carbocycles. The summed E-state index contributed by atoms with van der Waals surface area (Å²) >= 11 is 0. The largest absolute Gasteiger partial charge is 0.300 e. The standard InChI is InChI=1S/C28H44O/c1-18(2)19(3)7-8-20(4)24-11-12-25-23-10-9-21-17-22(29)13-15-27(21,5)26(23)14-16-28(24,25)6/h7-8,10,18-21,24-26H,9,11-17H2,1-6H3/b8-7-/t19-,20+,21-,24+,25-,26-,27-,28+/m0/s1. The van der Waals surface area contributed by atoms with E-state index in [0.717, 1.165) is 49.4 Å². The van der Waals surface area contributed by atoms with Gasteiger partial charge in [-0.1, -0.05) is 65.3 Å². The van der Waals surface area contributed by atoms with Crippen molar-refractivity contribution in [2.75, 3.05) is 0 Å². The van der Waals surface area contributed by atoms with Gasteiger partial charge in [-0.2, -0.15) is 0 Å². The molecule has 0 aromatic rings. The highest BCUT2D eigenvalue weighted by Crippen LogP contribution is 2.66. The summed E-state index contributed by atoms with van der Waals surface area (Å²) in [4.78, 5) is 12.1. The molecule has 0 N–H and O–H groups in total. The number of hydrogen-bond donors (Lipinski definition) is 0. The van der Waals surface area contributed by atoms with Crippen LogP contribution in [0.25, 0.3) is 0 Å². The second-order valence-electron chi connectivity index (χ2n) is 12.1. The Balaban J connectivity index is 1.55. The van der Waals surface area contributed by atoms with Gasteiger partial charge in [-0.05, 0) is 90.8 Å². The molecule has 8 atom stereocenters. The van der Waals surface area contributed by atoms with Gasteiger partial charge in [0.25, 0.3) is 0 Å². The molecule has 1 heteroatoms. The Labute approximate surface area is 179 Å². The van der Waals surface area contributed by atoms with Gasteiger partial charge < -0.3 is 0 Å². The van der Waals surface area contributed by atoms with E-state index in [2.05, 4.69) is 59.8 Å². The first kappa shape index (κ1) is 21.4. The van der Waals surface area contributed by atoms with Crippen molar-refractivity contribution in [3.63, 3.8) is 0 Å². The molecule has 0 spiro atoms. The zero-order valence-electron chi connectivity index (χ0n) is 19.8. The molecule has 4 aliphatic rings. The summed E-state index contributed by atoms with van der Waals surface area (Å²) in [5.74, 6) is 5.57. The first-order valence-electron chi connectivity index (χ1n) is 12.6. The van der Waals surface area contributed by atoms with Crippen LogP contribution in [0.1, 0.15) is 92.9 Å². The first-order valence-corrected chi connectivity index (χ1v) is 12.6. The molecule has 0 aliphatic heterocycles. The Morgan fingerprint density at radius 3 is 2.41 bits per heavy atom. The fraction of sp³-hybridized carbons (Fsp3) is 0.821. The fourth-order valence-electron chi connectivity index (χ4n) is 7.91. The Morgan fingerprint density at radius 2 is 1.69 bits per heavy atom. The summed E-state index contributed by atoms with van der Waals surface area (Å²) < 4.78 is 0. The van der Waals surface area contributed by atoms with Gasteiger partial charge in [0.15, 0.2) is 0 Å². The van der Waals surface area contributed by atoms with Crippen LogP contribution in [0, 0.1) is 52.3 Å². The van der Waals surface area contributed by atoms with Crippen molar-refractivity contribution >= 4 is 5.78 Å². The zero-order valence-corrected chi connectivity index (χ0v) is 19.8. The predicted octanol–water partition coefficient (Wildman–Crippen LogP) is 7.62. The van der Waals surface area contributed by atoms with Crippen LogP contribution in [-0.2, 0) is 4.79 Å². The Morgan fingerprint density at radius 1 is 0.966 bits per heavy atom. The van der Waals surface area contributed by atoms with E-state index in [1.165, 1.54) is 25.7 Å². The van der Waals surface area contributed by atoms with Crippen molar-refractivity contribution in [3.05, 3.63) is 23.8 Å². The lowest BCUT2D eigenvalue weighted by molar-refractivity contribution is -0.127. The smallest absolute Gasteiger partial charge is 0.133 e. The minimum absolute atomic E-state index is 0.385. The van der Waals surface area contributed by atoms with Gasteiger partial charge >= 0.3 is 0 Å². The third-order valence-corrected chi connectivity index (χ3v) is 10.4. The monoisotopic (exact) mass is 396 g/mol. The lowest BCUT2D eigenvalue weighted by Crippen LogP contribution is -2.49. The number of carbonyl (C=O) groups is 1. The van der Waals surface area contributed by atoms with E-state index in [-0.39, 0.29) is 0 Å². The number of fused-ring (bicyclic) bond motifs is 5. The highest BCUT2D eigenvalue weighted by atomic mass is 16.1. The Hall–Kier alpha value is -0.850. The Kier molecular flexibility index (Phi) is 5.67. The molecule has 0 heterocycles. The molecular formula is C28H44O. The number of ketones is 1. The maximum Gasteiger partial charge on any atom is 0.133 e. The molecule has 4 aliphatic carbocycles. The molecule has 4 rings (SSSR count). The third-order valence-electron chi connectivity index (χ3n) is 10.4. The lowest BCUT2D eigenvalue weighted by Gasteiger charge is -2.57. The van der Waals surface area contributed by atoms with Crippen LogP contribution in [0.4, 0.5) is 0 Å². The van der Waals surface area contributed by atoms with Gasteiger partial charge in [-0.15, -0.1) is 0 Å². The molecule has 0 aromatic heterocycles. The van der Waals surface area contributed by atoms with Gasteiger partial charge in [0.1, 0.15) is 5.78 Å². The first-order chi connectivity index (χ1) is 13.7. The van der Waals surface area contributed by atoms with Crippen LogP contribution in [0.5, 0.6) is 0 Å². The summed E-state index contributed by atoms with van der Waals surface area (Å²) in [6, 6.07) is 0. The van der Waals surface area contributed by atoms with E-state index in [0.29, 0.717) is 34.4 Å². The van der Waals surface area contributed by atoms with Crippen molar-refractivity contribution in [2.24, 2.45) is 52.3 Å². The van der Waals surface area contributed by atoms with Crippen molar-refractivity contribution in [1.82, 2.24) is 0 Å². The predicted molar refractivity (Wildman–Crippen MR) is 123 cm³/mol. The van der Waals surface area contributed by atoms with Crippen LogP contribution in [0.2, 0.25) is 0 Å². The number of Topliss-reactive ketones (excluding diaryl/α,β-unsaturated/α-hetero) is 1. The second-order valence-corrected chi connectivity index (χ2v) is 12.1.